The van der Waals surface area contributed by atoms with Gasteiger partial charge in [-0.2, -0.15) is 0 Å². The first-order valence-electron chi connectivity index (χ1n) is 6.26. The molecule has 3 heterocycles. The van der Waals surface area contributed by atoms with Crippen LogP contribution in [0, 0.1) is 0 Å². The van der Waals surface area contributed by atoms with Crippen molar-refractivity contribution < 1.29 is 9.15 Å². The van der Waals surface area contributed by atoms with Gasteiger partial charge in [0, 0.05) is 17.8 Å². The van der Waals surface area contributed by atoms with Crippen molar-refractivity contribution in [3.05, 3.63) is 61.1 Å². The van der Waals surface area contributed by atoms with E-state index in [9.17, 15) is 0 Å². The molecule has 0 saturated heterocycles. The van der Waals surface area contributed by atoms with Crippen molar-refractivity contribution in [2.24, 2.45) is 0 Å². The van der Waals surface area contributed by atoms with E-state index in [2.05, 4.69) is 9.97 Å². The van der Waals surface area contributed by atoms with Gasteiger partial charge in [-0.25, -0.2) is 4.98 Å². The van der Waals surface area contributed by atoms with E-state index in [0.29, 0.717) is 5.88 Å². The van der Waals surface area contributed by atoms with E-state index in [-0.39, 0.29) is 0 Å². The van der Waals surface area contributed by atoms with Crippen molar-refractivity contribution in [1.29, 1.82) is 0 Å². The zero-order valence-electron chi connectivity index (χ0n) is 10.5. The lowest BCUT2D eigenvalue weighted by Crippen LogP contribution is -1.89. The van der Waals surface area contributed by atoms with Crippen molar-refractivity contribution in [2.75, 3.05) is 0 Å². The summed E-state index contributed by atoms with van der Waals surface area (Å²) in [6, 6.07) is 13.3. The smallest absolute Gasteiger partial charge is 0.230 e. The van der Waals surface area contributed by atoms with Gasteiger partial charge in [0.05, 0.1) is 17.2 Å². The number of ether oxygens (including phenoxy) is 1. The Labute approximate surface area is 114 Å². The van der Waals surface area contributed by atoms with Crippen LogP contribution in [-0.2, 0) is 0 Å². The molecule has 0 aliphatic carbocycles. The van der Waals surface area contributed by atoms with E-state index < -0.39 is 0 Å². The van der Waals surface area contributed by atoms with E-state index in [1.165, 1.54) is 0 Å². The predicted molar refractivity (Wildman–Crippen MR) is 75.8 cm³/mol. The molecule has 0 unspecified atom stereocenters. The summed E-state index contributed by atoms with van der Waals surface area (Å²) >= 11 is 0. The van der Waals surface area contributed by atoms with Crippen LogP contribution in [0.1, 0.15) is 0 Å². The summed E-state index contributed by atoms with van der Waals surface area (Å²) in [4.78, 5) is 8.60. The largest absolute Gasteiger partial charge is 0.464 e. The Bertz CT molecular complexity index is 894. The summed E-state index contributed by atoms with van der Waals surface area (Å²) in [6.45, 7) is 0. The number of furan rings is 1. The molecule has 0 radical (unpaired) electrons. The molecule has 1 aromatic carbocycles. The van der Waals surface area contributed by atoms with Crippen LogP contribution in [0.2, 0.25) is 0 Å². The fraction of sp³-hybridized carbons (Fsp3) is 0. The Morgan fingerprint density at radius 3 is 2.85 bits per heavy atom. The highest BCUT2D eigenvalue weighted by Gasteiger charge is 2.09. The second-order valence-electron chi connectivity index (χ2n) is 4.38. The van der Waals surface area contributed by atoms with E-state index in [4.69, 9.17) is 9.15 Å². The number of nitrogens with zero attached hydrogens (tertiary/aromatic N) is 2. The number of aromatic nitrogens is 2. The van der Waals surface area contributed by atoms with E-state index in [0.717, 1.165) is 27.6 Å². The molecule has 0 N–H and O–H groups in total. The molecular formula is C16H10N2O2. The summed E-state index contributed by atoms with van der Waals surface area (Å²) in [7, 11) is 0. The zero-order chi connectivity index (χ0) is 13.4. The molecule has 0 amide bonds. The summed E-state index contributed by atoms with van der Waals surface area (Å²) < 4.78 is 11.3. The van der Waals surface area contributed by atoms with Crippen LogP contribution in [0.5, 0.6) is 11.6 Å². The standard InChI is InChI=1S/C16H10N2O2/c1-4-13-11(3-2-8-17-13)15(5-1)20-16-12-7-10-19-14(12)6-9-18-16/h1-10H. The maximum atomic E-state index is 5.95. The maximum absolute atomic E-state index is 5.95. The topological polar surface area (TPSA) is 48.2 Å². The second-order valence-corrected chi connectivity index (χ2v) is 4.38. The summed E-state index contributed by atoms with van der Waals surface area (Å²) in [5, 5.41) is 1.81. The van der Waals surface area contributed by atoms with Crippen molar-refractivity contribution >= 4 is 21.9 Å². The lowest BCUT2D eigenvalue weighted by Gasteiger charge is -2.08. The van der Waals surface area contributed by atoms with Crippen LogP contribution in [0.4, 0.5) is 0 Å². The number of hydrogen-bond acceptors (Lipinski definition) is 4. The van der Waals surface area contributed by atoms with Crippen LogP contribution < -0.4 is 4.74 Å². The summed E-state index contributed by atoms with van der Waals surface area (Å²) in [5.41, 5.74) is 1.65. The Hall–Kier alpha value is -2.88. The monoisotopic (exact) mass is 262 g/mol. The van der Waals surface area contributed by atoms with Crippen molar-refractivity contribution in [3.63, 3.8) is 0 Å². The first-order valence-corrected chi connectivity index (χ1v) is 6.26. The van der Waals surface area contributed by atoms with Gasteiger partial charge in [0.25, 0.3) is 0 Å². The molecule has 0 fully saturated rings. The summed E-state index contributed by atoms with van der Waals surface area (Å²) in [6.07, 6.45) is 5.07. The molecule has 3 aromatic heterocycles. The van der Waals surface area contributed by atoms with Gasteiger partial charge in [-0.05, 0) is 36.4 Å². The maximum Gasteiger partial charge on any atom is 0.230 e. The molecule has 0 aliphatic heterocycles. The van der Waals surface area contributed by atoms with Crippen molar-refractivity contribution in [2.45, 2.75) is 0 Å². The first-order chi connectivity index (χ1) is 9.92. The van der Waals surface area contributed by atoms with Gasteiger partial charge in [-0.15, -0.1) is 0 Å². The minimum Gasteiger partial charge on any atom is -0.464 e. The highest BCUT2D eigenvalue weighted by Crippen LogP contribution is 2.32. The first kappa shape index (κ1) is 11.0. The fourth-order valence-corrected chi connectivity index (χ4v) is 2.22. The molecule has 0 bridgehead atoms. The molecular weight excluding hydrogens is 252 g/mol. The Morgan fingerprint density at radius 1 is 0.850 bits per heavy atom. The average Bonchev–Trinajstić information content (AvgIpc) is 2.97. The highest BCUT2D eigenvalue weighted by atomic mass is 16.5. The summed E-state index contributed by atoms with van der Waals surface area (Å²) in [5.74, 6) is 1.27. The zero-order valence-corrected chi connectivity index (χ0v) is 10.5. The third kappa shape index (κ3) is 1.70. The number of fused-ring (bicyclic) bond motifs is 2. The Kier molecular flexibility index (Phi) is 2.39. The molecule has 4 rings (SSSR count). The van der Waals surface area contributed by atoms with Gasteiger partial charge in [0.2, 0.25) is 5.88 Å². The number of rotatable bonds is 2. The number of benzene rings is 1. The molecule has 0 spiro atoms. The number of hydrogen-bond donors (Lipinski definition) is 0. The van der Waals surface area contributed by atoms with Gasteiger partial charge in [-0.3, -0.25) is 4.98 Å². The molecule has 0 aliphatic rings. The minimum atomic E-state index is 0.535. The van der Waals surface area contributed by atoms with E-state index in [1.54, 1.807) is 18.7 Å². The molecule has 4 nitrogen and oxygen atoms in total. The quantitative estimate of drug-likeness (QED) is 0.544. The molecule has 4 aromatic rings. The van der Waals surface area contributed by atoms with Gasteiger partial charge < -0.3 is 9.15 Å². The van der Waals surface area contributed by atoms with Crippen LogP contribution in [-0.4, -0.2) is 9.97 Å². The van der Waals surface area contributed by atoms with Gasteiger partial charge >= 0.3 is 0 Å². The minimum absolute atomic E-state index is 0.535. The van der Waals surface area contributed by atoms with Crippen molar-refractivity contribution in [3.8, 4) is 11.6 Å². The molecule has 4 heteroatoms. The lowest BCUT2D eigenvalue weighted by atomic mass is 10.2. The lowest BCUT2D eigenvalue weighted by molar-refractivity contribution is 0.474. The van der Waals surface area contributed by atoms with Crippen LogP contribution >= 0.6 is 0 Å². The Morgan fingerprint density at radius 2 is 1.85 bits per heavy atom. The van der Waals surface area contributed by atoms with Gasteiger partial charge in [0.1, 0.15) is 11.3 Å². The number of pyridine rings is 2. The molecule has 0 saturated carbocycles. The van der Waals surface area contributed by atoms with E-state index >= 15 is 0 Å². The molecule has 20 heavy (non-hydrogen) atoms. The molecule has 0 atom stereocenters. The fourth-order valence-electron chi connectivity index (χ4n) is 2.22. The average molecular weight is 262 g/mol. The van der Waals surface area contributed by atoms with Crippen LogP contribution in [0.15, 0.2) is 65.5 Å². The Balaban J connectivity index is 1.87. The van der Waals surface area contributed by atoms with Gasteiger partial charge in [0.15, 0.2) is 0 Å². The normalized spacial score (nSPS) is 11.0. The third-order valence-electron chi connectivity index (χ3n) is 3.16. The highest BCUT2D eigenvalue weighted by molar-refractivity contribution is 5.87. The second kappa shape index (κ2) is 4.35. The van der Waals surface area contributed by atoms with Crippen molar-refractivity contribution in [1.82, 2.24) is 9.97 Å². The van der Waals surface area contributed by atoms with Gasteiger partial charge in [-0.1, -0.05) is 6.07 Å². The molecule has 96 valence electrons. The third-order valence-corrected chi connectivity index (χ3v) is 3.16. The van der Waals surface area contributed by atoms with Crippen LogP contribution in [0.25, 0.3) is 21.9 Å². The van der Waals surface area contributed by atoms with E-state index in [1.807, 2.05) is 42.5 Å². The predicted octanol–water partition coefficient (Wildman–Crippen LogP) is 4.17. The van der Waals surface area contributed by atoms with Crippen LogP contribution in [0.3, 0.4) is 0 Å². The SMILES string of the molecule is c1cc(Oc2nccc3occc23)c2cccnc2c1.